The molecule has 7 aromatic carbocycles. The number of fused-ring (bicyclic) bond motifs is 13. The van der Waals surface area contributed by atoms with Crippen LogP contribution in [0.2, 0.25) is 0 Å². The van der Waals surface area contributed by atoms with Gasteiger partial charge < -0.3 is 8.83 Å². The van der Waals surface area contributed by atoms with Crippen molar-refractivity contribution < 1.29 is 8.83 Å². The Kier molecular flexibility index (Phi) is 4.88. The molecule has 0 aliphatic heterocycles. The van der Waals surface area contributed by atoms with Gasteiger partial charge in [0.05, 0.1) is 23.3 Å². The summed E-state index contributed by atoms with van der Waals surface area (Å²) >= 11 is 0. The van der Waals surface area contributed by atoms with E-state index in [-0.39, 0.29) is 17.3 Å². The maximum atomic E-state index is 10.7. The normalized spacial score (nSPS) is 19.0. The first-order chi connectivity index (χ1) is 25.2. The number of rotatable bonds is 2. The summed E-state index contributed by atoms with van der Waals surface area (Å²) < 4.78 is 13.4. The summed E-state index contributed by atoms with van der Waals surface area (Å²) in [6.07, 6.45) is 0. The molecule has 2 aromatic heterocycles. The minimum Gasteiger partial charge on any atom is -0.455 e. The predicted molar refractivity (Wildman–Crippen MR) is 199 cm³/mol. The van der Waals surface area contributed by atoms with E-state index < -0.39 is 0 Å². The molecule has 4 heteroatoms. The number of nitriles is 2. The Bertz CT molecular complexity index is 3150. The van der Waals surface area contributed by atoms with Gasteiger partial charge in [-0.05, 0) is 63.7 Å². The van der Waals surface area contributed by atoms with E-state index in [1.807, 2.05) is 24.3 Å². The highest BCUT2D eigenvalue weighted by Crippen LogP contribution is 2.77. The fourth-order valence-corrected chi connectivity index (χ4v) is 10.1. The molecule has 3 atom stereocenters. The van der Waals surface area contributed by atoms with Gasteiger partial charge in [0.1, 0.15) is 22.3 Å². The molecule has 51 heavy (non-hydrogen) atoms. The van der Waals surface area contributed by atoms with Crippen LogP contribution < -0.4 is 0 Å². The lowest BCUT2D eigenvalue weighted by Crippen LogP contribution is -2.52. The van der Waals surface area contributed by atoms with E-state index in [9.17, 15) is 10.5 Å². The minimum absolute atomic E-state index is 0.118. The highest BCUT2D eigenvalue weighted by Gasteiger charge is 2.69. The molecular formula is C47H24N2O2. The molecule has 3 aliphatic carbocycles. The number of benzene rings is 7. The summed E-state index contributed by atoms with van der Waals surface area (Å²) in [5.41, 5.74) is 15.7. The molecule has 0 fully saturated rings. The van der Waals surface area contributed by atoms with Crippen LogP contribution in [0.25, 0.3) is 66.1 Å². The van der Waals surface area contributed by atoms with Gasteiger partial charge in [0.25, 0.3) is 0 Å². The van der Waals surface area contributed by atoms with Gasteiger partial charge >= 0.3 is 0 Å². The van der Waals surface area contributed by atoms with Gasteiger partial charge in [-0.15, -0.1) is 0 Å². The van der Waals surface area contributed by atoms with Gasteiger partial charge in [-0.3, -0.25) is 0 Å². The van der Waals surface area contributed by atoms with E-state index in [2.05, 4.69) is 121 Å². The lowest BCUT2D eigenvalue weighted by Gasteiger charge is -2.58. The molecule has 2 heterocycles. The van der Waals surface area contributed by atoms with E-state index in [0.29, 0.717) is 11.1 Å². The van der Waals surface area contributed by atoms with Gasteiger partial charge in [-0.2, -0.15) is 10.5 Å². The summed E-state index contributed by atoms with van der Waals surface area (Å²) in [5.74, 6) is 0.340. The molecule has 4 nitrogen and oxygen atoms in total. The quantitative estimate of drug-likeness (QED) is 0.187. The van der Waals surface area contributed by atoms with Crippen molar-refractivity contribution in [1.82, 2.24) is 0 Å². The average Bonchev–Trinajstić information content (AvgIpc) is 3.81. The van der Waals surface area contributed by atoms with Crippen molar-refractivity contribution >= 4 is 43.9 Å². The minimum atomic E-state index is -0.204. The van der Waals surface area contributed by atoms with E-state index in [1.54, 1.807) is 0 Å². The Hall–Kier alpha value is -6.88. The standard InChI is InChI=1S/C47H24N2O2/c48-23-25-18-19-28-37(20-25)43-38-22-36(26(24-49)21-40(38)47(43)39-16-3-1-9-35(39)42(28)47)34-15-7-14-33-32-13-6-12-31(45(32)51-46(33)34)30-11-5-10-29-27-8-2-4-17-41(27)50-44(29)30/h1-22,42-43H. The zero-order chi connectivity index (χ0) is 33.6. The molecule has 12 rings (SSSR count). The van der Waals surface area contributed by atoms with Crippen LogP contribution in [0.5, 0.6) is 0 Å². The molecule has 0 saturated heterocycles. The first kappa shape index (κ1) is 27.0. The van der Waals surface area contributed by atoms with Gasteiger partial charge in [0.2, 0.25) is 0 Å². The highest BCUT2D eigenvalue weighted by atomic mass is 16.3. The van der Waals surface area contributed by atoms with Crippen LogP contribution in [-0.4, -0.2) is 0 Å². The average molecular weight is 649 g/mol. The Morgan fingerprint density at radius 2 is 1.08 bits per heavy atom. The maximum Gasteiger partial charge on any atom is 0.143 e. The lowest BCUT2D eigenvalue weighted by atomic mass is 9.42. The molecular weight excluding hydrogens is 625 g/mol. The third-order valence-corrected chi connectivity index (χ3v) is 12.0. The van der Waals surface area contributed by atoms with Crippen molar-refractivity contribution in [2.75, 3.05) is 0 Å². The largest absolute Gasteiger partial charge is 0.455 e. The Morgan fingerprint density at radius 1 is 0.451 bits per heavy atom. The fourth-order valence-electron chi connectivity index (χ4n) is 10.1. The first-order valence-electron chi connectivity index (χ1n) is 17.3. The number of hydrogen-bond acceptors (Lipinski definition) is 4. The van der Waals surface area contributed by atoms with Crippen LogP contribution in [0.3, 0.4) is 0 Å². The van der Waals surface area contributed by atoms with Gasteiger partial charge in [0.15, 0.2) is 0 Å². The third kappa shape index (κ3) is 3.07. The summed E-state index contributed by atoms with van der Waals surface area (Å²) in [6.45, 7) is 0. The molecule has 234 valence electrons. The smallest absolute Gasteiger partial charge is 0.143 e. The van der Waals surface area contributed by atoms with Crippen LogP contribution in [0.4, 0.5) is 0 Å². The molecule has 0 bridgehead atoms. The summed E-state index contributed by atoms with van der Waals surface area (Å²) in [5, 5.41) is 24.7. The monoisotopic (exact) mass is 648 g/mol. The van der Waals surface area contributed by atoms with Crippen LogP contribution in [0.1, 0.15) is 56.3 Å². The first-order valence-corrected chi connectivity index (χ1v) is 17.3. The van der Waals surface area contributed by atoms with E-state index in [1.165, 1.54) is 33.4 Å². The molecule has 0 saturated carbocycles. The number of furan rings is 2. The van der Waals surface area contributed by atoms with Crippen molar-refractivity contribution in [3.63, 3.8) is 0 Å². The van der Waals surface area contributed by atoms with E-state index in [4.69, 9.17) is 8.83 Å². The summed E-state index contributed by atoms with van der Waals surface area (Å²) in [6, 6.07) is 51.1. The van der Waals surface area contributed by atoms with Crippen LogP contribution in [0, 0.1) is 22.7 Å². The summed E-state index contributed by atoms with van der Waals surface area (Å²) in [7, 11) is 0. The predicted octanol–water partition coefficient (Wildman–Crippen LogP) is 11.5. The van der Waals surface area contributed by atoms with Crippen molar-refractivity contribution in [2.45, 2.75) is 17.3 Å². The second-order valence-electron chi connectivity index (χ2n) is 14.1. The second kappa shape index (κ2) is 9.21. The van der Waals surface area contributed by atoms with E-state index >= 15 is 0 Å². The van der Waals surface area contributed by atoms with Gasteiger partial charge in [0, 0.05) is 61.0 Å². The van der Waals surface area contributed by atoms with Crippen molar-refractivity contribution in [1.29, 1.82) is 10.5 Å². The number of nitrogens with zero attached hydrogens (tertiary/aromatic N) is 2. The molecule has 0 N–H and O–H groups in total. The topological polar surface area (TPSA) is 73.9 Å². The molecule has 0 amide bonds. The molecule has 3 aliphatic rings. The third-order valence-electron chi connectivity index (χ3n) is 12.0. The van der Waals surface area contributed by atoms with E-state index in [0.717, 1.165) is 66.1 Å². The van der Waals surface area contributed by atoms with Crippen molar-refractivity contribution in [3.8, 4) is 34.4 Å². The van der Waals surface area contributed by atoms with Crippen molar-refractivity contribution in [3.05, 3.63) is 178 Å². The van der Waals surface area contributed by atoms with Crippen molar-refractivity contribution in [2.24, 2.45) is 0 Å². The second-order valence-corrected chi connectivity index (χ2v) is 14.1. The zero-order valence-electron chi connectivity index (χ0n) is 27.1. The highest BCUT2D eigenvalue weighted by molar-refractivity contribution is 6.16. The zero-order valence-corrected chi connectivity index (χ0v) is 27.1. The molecule has 0 radical (unpaired) electrons. The molecule has 9 aromatic rings. The molecule has 3 unspecified atom stereocenters. The Labute approximate surface area is 292 Å². The van der Waals surface area contributed by atoms with Crippen LogP contribution in [0.15, 0.2) is 142 Å². The summed E-state index contributed by atoms with van der Waals surface area (Å²) in [4.78, 5) is 0. The maximum absolute atomic E-state index is 10.7. The number of para-hydroxylation sites is 4. The molecule has 1 spiro atoms. The fraction of sp³-hybridized carbons (Fsp3) is 0.0638. The van der Waals surface area contributed by atoms with Crippen LogP contribution >= 0.6 is 0 Å². The Balaban J connectivity index is 1.08. The SMILES string of the molecule is N#Cc1ccc2c(c1)C1c3cc(-c4cccc5c4oc4c(-c6cccc7c6oc6ccccc67)cccc45)c(C#N)cc3C13c1ccccc1C23. The van der Waals surface area contributed by atoms with Gasteiger partial charge in [-0.1, -0.05) is 103 Å². The lowest BCUT2D eigenvalue weighted by molar-refractivity contribution is 0.333. The Morgan fingerprint density at radius 3 is 1.82 bits per heavy atom. The van der Waals surface area contributed by atoms with Gasteiger partial charge in [-0.25, -0.2) is 0 Å². The number of hydrogen-bond donors (Lipinski definition) is 0. The van der Waals surface area contributed by atoms with Crippen LogP contribution in [-0.2, 0) is 5.41 Å².